The van der Waals surface area contributed by atoms with Crippen LogP contribution in [-0.2, 0) is 14.3 Å². The van der Waals surface area contributed by atoms with Gasteiger partial charge in [-0.1, -0.05) is 12.8 Å². The van der Waals surface area contributed by atoms with Crippen LogP contribution < -0.4 is 5.32 Å². The zero-order valence-electron chi connectivity index (χ0n) is 15.0. The third kappa shape index (κ3) is 4.38. The molecule has 138 valence electrons. The zero-order chi connectivity index (χ0) is 18.6. The zero-order valence-corrected chi connectivity index (χ0v) is 15.8. The molecule has 8 heteroatoms. The summed E-state index contributed by atoms with van der Waals surface area (Å²) in [5.74, 6) is -1.36. The average Bonchev–Trinajstić information content (AvgIpc) is 3.22. The molecule has 1 amide bonds. The van der Waals surface area contributed by atoms with Crippen LogP contribution in [0.2, 0.25) is 0 Å². The highest BCUT2D eigenvalue weighted by atomic mass is 32.1. The van der Waals surface area contributed by atoms with Gasteiger partial charge in [-0.25, -0.2) is 9.59 Å². The lowest BCUT2D eigenvalue weighted by molar-refractivity contribution is -0.117. The van der Waals surface area contributed by atoms with E-state index in [4.69, 9.17) is 9.47 Å². The standard InChI is InChI=1S/C17H24N2O5S/c1-10-13(16(21)23-3)15(25-14(10)17(22)24-4)18-12(20)9-19(2)11-7-5-6-8-11/h11H,5-9H2,1-4H3,(H,18,20). The van der Waals surface area contributed by atoms with Crippen LogP contribution in [0, 0.1) is 6.92 Å². The van der Waals surface area contributed by atoms with Gasteiger partial charge < -0.3 is 14.8 Å². The van der Waals surface area contributed by atoms with Crippen LogP contribution in [0.3, 0.4) is 0 Å². The smallest absolute Gasteiger partial charge is 0.348 e. The van der Waals surface area contributed by atoms with Crippen molar-refractivity contribution in [3.8, 4) is 0 Å². The van der Waals surface area contributed by atoms with Gasteiger partial charge in [-0.2, -0.15) is 0 Å². The van der Waals surface area contributed by atoms with E-state index in [1.54, 1.807) is 6.92 Å². The van der Waals surface area contributed by atoms with Gasteiger partial charge in [0.1, 0.15) is 9.88 Å². The van der Waals surface area contributed by atoms with E-state index >= 15 is 0 Å². The third-order valence-corrected chi connectivity index (χ3v) is 5.69. The predicted molar refractivity (Wildman–Crippen MR) is 95.3 cm³/mol. The second-order valence-corrected chi connectivity index (χ2v) is 7.17. The van der Waals surface area contributed by atoms with Crippen LogP contribution in [0.5, 0.6) is 0 Å². The molecular weight excluding hydrogens is 344 g/mol. The summed E-state index contributed by atoms with van der Waals surface area (Å²) in [6, 6.07) is 0.418. The maximum absolute atomic E-state index is 12.4. The summed E-state index contributed by atoms with van der Waals surface area (Å²) >= 11 is 1.02. The topological polar surface area (TPSA) is 84.9 Å². The van der Waals surface area contributed by atoms with Crippen LogP contribution >= 0.6 is 11.3 Å². The van der Waals surface area contributed by atoms with Crippen molar-refractivity contribution in [1.82, 2.24) is 4.90 Å². The van der Waals surface area contributed by atoms with Crippen molar-refractivity contribution in [2.75, 3.05) is 33.1 Å². The highest BCUT2D eigenvalue weighted by molar-refractivity contribution is 7.18. The second-order valence-electron chi connectivity index (χ2n) is 6.15. The Hall–Kier alpha value is -1.93. The minimum atomic E-state index is -0.594. The van der Waals surface area contributed by atoms with Gasteiger partial charge in [0.15, 0.2) is 0 Å². The number of nitrogens with zero attached hydrogens (tertiary/aromatic N) is 1. The molecule has 0 atom stereocenters. The molecule has 0 radical (unpaired) electrons. The number of hydrogen-bond donors (Lipinski definition) is 1. The lowest BCUT2D eigenvalue weighted by atomic mass is 10.1. The van der Waals surface area contributed by atoms with E-state index in [0.29, 0.717) is 16.6 Å². The lowest BCUT2D eigenvalue weighted by Gasteiger charge is -2.23. The van der Waals surface area contributed by atoms with E-state index in [2.05, 4.69) is 5.32 Å². The number of anilines is 1. The van der Waals surface area contributed by atoms with Crippen LogP contribution in [0.15, 0.2) is 0 Å². The quantitative estimate of drug-likeness (QED) is 0.777. The lowest BCUT2D eigenvalue weighted by Crippen LogP contribution is -2.36. The molecule has 1 aliphatic rings. The van der Waals surface area contributed by atoms with Crippen LogP contribution in [0.1, 0.15) is 51.3 Å². The molecule has 0 spiro atoms. The summed E-state index contributed by atoms with van der Waals surface area (Å²) in [7, 11) is 4.46. The molecule has 7 nitrogen and oxygen atoms in total. The molecule has 0 bridgehead atoms. The second kappa shape index (κ2) is 8.44. The molecule has 0 unspecified atom stereocenters. The van der Waals surface area contributed by atoms with Gasteiger partial charge in [0, 0.05) is 6.04 Å². The van der Waals surface area contributed by atoms with Gasteiger partial charge in [0.2, 0.25) is 5.91 Å². The van der Waals surface area contributed by atoms with Gasteiger partial charge in [0.05, 0.1) is 26.3 Å². The summed E-state index contributed by atoms with van der Waals surface area (Å²) in [6.45, 7) is 1.87. The van der Waals surface area contributed by atoms with E-state index in [0.717, 1.165) is 24.2 Å². The van der Waals surface area contributed by atoms with Crippen molar-refractivity contribution in [1.29, 1.82) is 0 Å². The highest BCUT2D eigenvalue weighted by Gasteiger charge is 2.27. The molecule has 0 aromatic carbocycles. The number of thiophene rings is 1. The molecular formula is C17H24N2O5S. The number of amides is 1. The number of esters is 2. The SMILES string of the molecule is COC(=O)c1sc(NC(=O)CN(C)C2CCCC2)c(C(=O)OC)c1C. The maximum atomic E-state index is 12.4. The number of nitrogens with one attached hydrogen (secondary N) is 1. The Bertz CT molecular complexity index is 664. The summed E-state index contributed by atoms with van der Waals surface area (Å²) < 4.78 is 9.52. The first-order valence-corrected chi connectivity index (χ1v) is 9.00. The minimum absolute atomic E-state index is 0.199. The number of methoxy groups -OCH3 is 2. The Morgan fingerprint density at radius 1 is 1.16 bits per heavy atom. The Balaban J connectivity index is 2.17. The number of likely N-dealkylation sites (N-methyl/N-ethyl adjacent to an activating group) is 1. The van der Waals surface area contributed by atoms with Gasteiger partial charge >= 0.3 is 11.9 Å². The monoisotopic (exact) mass is 368 g/mol. The van der Waals surface area contributed by atoms with Gasteiger partial charge in [-0.15, -0.1) is 11.3 Å². The fourth-order valence-electron chi connectivity index (χ4n) is 3.10. The van der Waals surface area contributed by atoms with Gasteiger partial charge in [0.25, 0.3) is 0 Å². The Morgan fingerprint density at radius 2 is 1.76 bits per heavy atom. The molecule has 25 heavy (non-hydrogen) atoms. The Labute approximate surface area is 151 Å². The average molecular weight is 368 g/mol. The van der Waals surface area contributed by atoms with E-state index < -0.39 is 11.9 Å². The molecule has 1 N–H and O–H groups in total. The van der Waals surface area contributed by atoms with Crippen molar-refractivity contribution in [2.24, 2.45) is 0 Å². The maximum Gasteiger partial charge on any atom is 0.348 e. The van der Waals surface area contributed by atoms with Crippen molar-refractivity contribution in [2.45, 2.75) is 38.6 Å². The van der Waals surface area contributed by atoms with Crippen molar-refractivity contribution in [3.63, 3.8) is 0 Å². The molecule has 1 fully saturated rings. The first-order valence-electron chi connectivity index (χ1n) is 8.19. The first-order chi connectivity index (χ1) is 11.9. The molecule has 1 aliphatic carbocycles. The van der Waals surface area contributed by atoms with E-state index in [1.807, 2.05) is 11.9 Å². The first kappa shape index (κ1) is 19.4. The number of hydrogen-bond acceptors (Lipinski definition) is 7. The highest BCUT2D eigenvalue weighted by Crippen LogP contribution is 2.34. The Morgan fingerprint density at radius 3 is 2.32 bits per heavy atom. The van der Waals surface area contributed by atoms with Crippen LogP contribution in [-0.4, -0.2) is 56.6 Å². The molecule has 2 rings (SSSR count). The van der Waals surface area contributed by atoms with Crippen molar-refractivity contribution >= 4 is 34.2 Å². The van der Waals surface area contributed by atoms with Crippen molar-refractivity contribution < 1.29 is 23.9 Å². The molecule has 1 aromatic heterocycles. The molecule has 0 saturated heterocycles. The number of ether oxygens (including phenoxy) is 2. The fraction of sp³-hybridized carbons (Fsp3) is 0.588. The molecule has 0 aliphatic heterocycles. The van der Waals surface area contributed by atoms with Crippen LogP contribution in [0.4, 0.5) is 5.00 Å². The minimum Gasteiger partial charge on any atom is -0.465 e. The summed E-state index contributed by atoms with van der Waals surface area (Å²) in [5.41, 5.74) is 0.646. The molecule has 1 heterocycles. The number of carbonyl (C=O) groups excluding carboxylic acids is 3. The number of carbonyl (C=O) groups is 3. The summed E-state index contributed by atoms with van der Waals surface area (Å²) in [5, 5.41) is 3.06. The fourth-order valence-corrected chi connectivity index (χ4v) is 4.23. The third-order valence-electron chi connectivity index (χ3n) is 4.50. The normalized spacial score (nSPS) is 14.6. The van der Waals surface area contributed by atoms with Gasteiger partial charge in [-0.05, 0) is 32.4 Å². The summed E-state index contributed by atoms with van der Waals surface area (Å²) in [6.07, 6.45) is 4.58. The van der Waals surface area contributed by atoms with Gasteiger partial charge in [-0.3, -0.25) is 9.69 Å². The van der Waals surface area contributed by atoms with E-state index in [-0.39, 0.29) is 22.9 Å². The predicted octanol–water partition coefficient (Wildman–Crippen LogP) is 2.44. The number of rotatable bonds is 6. The molecule has 1 aromatic rings. The van der Waals surface area contributed by atoms with Crippen molar-refractivity contribution in [3.05, 3.63) is 16.0 Å². The largest absolute Gasteiger partial charge is 0.465 e. The van der Waals surface area contributed by atoms with E-state index in [1.165, 1.54) is 27.1 Å². The van der Waals surface area contributed by atoms with E-state index in [9.17, 15) is 14.4 Å². The Kier molecular flexibility index (Phi) is 6.55. The van der Waals surface area contributed by atoms with Crippen LogP contribution in [0.25, 0.3) is 0 Å². The summed E-state index contributed by atoms with van der Waals surface area (Å²) in [4.78, 5) is 38.6. The molecule has 1 saturated carbocycles.